The van der Waals surface area contributed by atoms with Gasteiger partial charge in [0.2, 0.25) is 0 Å². The molecule has 0 fully saturated rings. The van der Waals surface area contributed by atoms with Crippen LogP contribution < -0.4 is 19.6 Å². The molecule has 0 amide bonds. The zero-order chi connectivity index (χ0) is 28.4. The largest absolute Gasteiger partial charge is 0.494 e. The van der Waals surface area contributed by atoms with Gasteiger partial charge in [-0.15, -0.1) is 0 Å². The highest BCUT2D eigenvalue weighted by atomic mass is 32.1. The topological polar surface area (TPSA) is 120 Å². The Morgan fingerprint density at radius 1 is 1.07 bits per heavy atom. The van der Waals surface area contributed by atoms with Crippen LogP contribution in [0.3, 0.4) is 0 Å². The fourth-order valence-electron chi connectivity index (χ4n) is 4.61. The molecule has 4 aromatic rings. The van der Waals surface area contributed by atoms with Gasteiger partial charge in [0.25, 0.3) is 5.56 Å². The smallest absolute Gasteiger partial charge is 0.338 e. The second kappa shape index (κ2) is 11.2. The molecule has 0 saturated carbocycles. The number of fused-ring (bicyclic) bond motifs is 1. The minimum Gasteiger partial charge on any atom is -0.494 e. The second-order valence-electron chi connectivity index (χ2n) is 8.86. The lowest BCUT2D eigenvalue weighted by molar-refractivity contribution is -0.139. The third-order valence-corrected chi connectivity index (χ3v) is 7.33. The number of aromatic nitrogens is 1. The highest BCUT2D eigenvalue weighted by Gasteiger charge is 2.33. The Hall–Kier alpha value is -4.70. The number of furan rings is 1. The predicted octanol–water partition coefficient (Wildman–Crippen LogP) is 4.16. The van der Waals surface area contributed by atoms with Crippen LogP contribution in [0.2, 0.25) is 0 Å². The first kappa shape index (κ1) is 26.9. The monoisotopic (exact) mass is 558 g/mol. The van der Waals surface area contributed by atoms with Gasteiger partial charge in [-0.05, 0) is 56.7 Å². The number of ether oxygens (including phenoxy) is 2. The van der Waals surface area contributed by atoms with Crippen LogP contribution in [0.25, 0.3) is 17.4 Å². The Kier molecular flexibility index (Phi) is 7.52. The third-order valence-electron chi connectivity index (χ3n) is 6.35. The van der Waals surface area contributed by atoms with Crippen LogP contribution in [0.5, 0.6) is 5.75 Å². The number of carboxylic acid groups (broad SMARTS) is 1. The number of carbonyl (C=O) groups excluding carboxylic acids is 1. The van der Waals surface area contributed by atoms with Crippen molar-refractivity contribution in [2.45, 2.75) is 26.8 Å². The number of hydrogen-bond donors (Lipinski definition) is 1. The predicted molar refractivity (Wildman–Crippen MR) is 149 cm³/mol. The van der Waals surface area contributed by atoms with Crippen LogP contribution >= 0.6 is 11.3 Å². The van der Waals surface area contributed by atoms with Crippen molar-refractivity contribution < 1.29 is 28.6 Å². The minimum atomic E-state index is -1.07. The van der Waals surface area contributed by atoms with E-state index in [2.05, 4.69) is 4.99 Å². The normalized spacial score (nSPS) is 15.0. The number of nitrogens with zero attached hydrogens (tertiary/aromatic N) is 2. The molecule has 1 aliphatic heterocycles. The fourth-order valence-corrected chi connectivity index (χ4v) is 5.64. The average molecular weight is 559 g/mol. The van der Waals surface area contributed by atoms with E-state index in [1.165, 1.54) is 22.0 Å². The van der Waals surface area contributed by atoms with Gasteiger partial charge in [0.15, 0.2) is 4.80 Å². The van der Waals surface area contributed by atoms with E-state index in [-0.39, 0.29) is 23.3 Å². The Morgan fingerprint density at radius 3 is 2.52 bits per heavy atom. The molecule has 1 aliphatic rings. The highest BCUT2D eigenvalue weighted by molar-refractivity contribution is 7.07. The first-order valence-corrected chi connectivity index (χ1v) is 13.5. The molecule has 2 aromatic carbocycles. The minimum absolute atomic E-state index is 0.111. The van der Waals surface area contributed by atoms with Crippen molar-refractivity contribution in [3.63, 3.8) is 0 Å². The molecular formula is C30H26N2O7S. The van der Waals surface area contributed by atoms with Gasteiger partial charge in [0, 0.05) is 11.6 Å². The van der Waals surface area contributed by atoms with E-state index in [0.29, 0.717) is 50.0 Å². The van der Waals surface area contributed by atoms with Gasteiger partial charge in [0.05, 0.1) is 40.6 Å². The summed E-state index contributed by atoms with van der Waals surface area (Å²) in [5.41, 5.74) is 1.66. The van der Waals surface area contributed by atoms with Crippen molar-refractivity contribution in [2.75, 3.05) is 13.2 Å². The third kappa shape index (κ3) is 5.01. The molecule has 0 aliphatic carbocycles. The van der Waals surface area contributed by atoms with E-state index in [1.807, 2.05) is 19.1 Å². The molecule has 0 spiro atoms. The molecule has 0 bridgehead atoms. The average Bonchev–Trinajstić information content (AvgIpc) is 3.53. The number of aromatic carboxylic acids is 1. The van der Waals surface area contributed by atoms with Crippen molar-refractivity contribution in [3.05, 3.63) is 109 Å². The Labute approximate surface area is 232 Å². The first-order chi connectivity index (χ1) is 19.3. The number of benzene rings is 2. The summed E-state index contributed by atoms with van der Waals surface area (Å²) in [6, 6.07) is 16.4. The van der Waals surface area contributed by atoms with Gasteiger partial charge >= 0.3 is 11.9 Å². The zero-order valence-electron chi connectivity index (χ0n) is 22.0. The van der Waals surface area contributed by atoms with Crippen molar-refractivity contribution in [3.8, 4) is 17.1 Å². The van der Waals surface area contributed by atoms with E-state index in [0.717, 1.165) is 0 Å². The quantitative estimate of drug-likeness (QED) is 0.323. The maximum atomic E-state index is 13.8. The number of hydrogen-bond acceptors (Lipinski definition) is 8. The first-order valence-electron chi connectivity index (χ1n) is 12.7. The van der Waals surface area contributed by atoms with Crippen LogP contribution in [0.15, 0.2) is 86.1 Å². The van der Waals surface area contributed by atoms with Crippen molar-refractivity contribution in [1.29, 1.82) is 0 Å². The standard InChI is InChI=1S/C30H26N2O7S/c1-4-37-19-12-10-18(11-13-19)26-25(29(36)38-5-2)17(3)31-30-32(26)27(33)24(40-30)16-20-14-15-23(39-20)21-8-6-7-9-22(21)28(34)35/h6-16,26H,4-5H2,1-3H3,(H,34,35)/b24-16-/t26-/m1/s1. The van der Waals surface area contributed by atoms with Crippen LogP contribution in [0.1, 0.15) is 48.5 Å². The molecule has 0 radical (unpaired) electrons. The van der Waals surface area contributed by atoms with E-state index in [4.69, 9.17) is 13.9 Å². The summed E-state index contributed by atoms with van der Waals surface area (Å²) in [5.74, 6) is -0.187. The lowest BCUT2D eigenvalue weighted by Crippen LogP contribution is -2.39. The van der Waals surface area contributed by atoms with Crippen LogP contribution in [0, 0.1) is 0 Å². The molecule has 0 saturated heterocycles. The number of rotatable bonds is 8. The van der Waals surface area contributed by atoms with E-state index in [1.54, 1.807) is 62.4 Å². The molecular weight excluding hydrogens is 532 g/mol. The Morgan fingerprint density at radius 2 is 1.82 bits per heavy atom. The van der Waals surface area contributed by atoms with Gasteiger partial charge in [-0.2, -0.15) is 0 Å². The van der Waals surface area contributed by atoms with Gasteiger partial charge in [0.1, 0.15) is 17.3 Å². The van der Waals surface area contributed by atoms with Crippen molar-refractivity contribution >= 4 is 29.4 Å². The molecule has 3 heterocycles. The summed E-state index contributed by atoms with van der Waals surface area (Å²) < 4.78 is 18.7. The zero-order valence-corrected chi connectivity index (χ0v) is 22.9. The Bertz CT molecular complexity index is 1810. The lowest BCUT2D eigenvalue weighted by Gasteiger charge is -2.24. The van der Waals surface area contributed by atoms with Crippen molar-refractivity contribution in [1.82, 2.24) is 4.57 Å². The summed E-state index contributed by atoms with van der Waals surface area (Å²) in [7, 11) is 0. The van der Waals surface area contributed by atoms with E-state index < -0.39 is 18.0 Å². The maximum absolute atomic E-state index is 13.8. The number of thiazole rings is 1. The second-order valence-corrected chi connectivity index (χ2v) is 9.87. The number of esters is 1. The SMILES string of the molecule is CCOC(=O)C1=C(C)N=c2s/c(=C\c3ccc(-c4ccccc4C(=O)O)o3)c(=O)n2[C@@H]1c1ccc(OCC)cc1. The number of allylic oxidation sites excluding steroid dienone is 1. The summed E-state index contributed by atoms with van der Waals surface area (Å²) in [6.45, 7) is 6.04. The number of carboxylic acids is 1. The lowest BCUT2D eigenvalue weighted by atomic mass is 9.96. The summed E-state index contributed by atoms with van der Waals surface area (Å²) >= 11 is 1.17. The maximum Gasteiger partial charge on any atom is 0.338 e. The van der Waals surface area contributed by atoms with Gasteiger partial charge in [-0.1, -0.05) is 41.7 Å². The van der Waals surface area contributed by atoms with E-state index in [9.17, 15) is 19.5 Å². The highest BCUT2D eigenvalue weighted by Crippen LogP contribution is 2.32. The van der Waals surface area contributed by atoms with Gasteiger partial charge < -0.3 is 19.0 Å². The van der Waals surface area contributed by atoms with Gasteiger partial charge in [-0.3, -0.25) is 9.36 Å². The molecule has 0 unspecified atom stereocenters. The molecule has 2 aromatic heterocycles. The summed E-state index contributed by atoms with van der Waals surface area (Å²) in [6.07, 6.45) is 1.59. The van der Waals surface area contributed by atoms with Crippen molar-refractivity contribution in [2.24, 2.45) is 4.99 Å². The molecule has 40 heavy (non-hydrogen) atoms. The van der Waals surface area contributed by atoms with Crippen LogP contribution in [-0.2, 0) is 9.53 Å². The molecule has 1 N–H and O–H groups in total. The van der Waals surface area contributed by atoms with Crippen LogP contribution in [0.4, 0.5) is 0 Å². The number of carbonyl (C=O) groups is 2. The molecule has 10 heteroatoms. The molecule has 5 rings (SSSR count). The van der Waals surface area contributed by atoms with Gasteiger partial charge in [-0.25, -0.2) is 14.6 Å². The van der Waals surface area contributed by atoms with Crippen LogP contribution in [-0.4, -0.2) is 34.8 Å². The van der Waals surface area contributed by atoms with E-state index >= 15 is 0 Å². The summed E-state index contributed by atoms with van der Waals surface area (Å²) in [5, 5.41) is 9.53. The molecule has 204 valence electrons. The fraction of sp³-hybridized carbons (Fsp3) is 0.200. The summed E-state index contributed by atoms with van der Waals surface area (Å²) in [4.78, 5) is 43.5. The molecule has 9 nitrogen and oxygen atoms in total. The molecule has 1 atom stereocenters. The Balaban J connectivity index is 1.62.